The molecule has 1 unspecified atom stereocenters. The third-order valence-corrected chi connectivity index (χ3v) is 6.18. The van der Waals surface area contributed by atoms with Crippen LogP contribution in [0.25, 0.3) is 0 Å². The first-order valence-corrected chi connectivity index (χ1v) is 11.8. The second kappa shape index (κ2) is 11.9. The van der Waals surface area contributed by atoms with Crippen LogP contribution in [0.4, 0.5) is 0 Å². The van der Waals surface area contributed by atoms with Gasteiger partial charge < -0.3 is 15.5 Å². The molecule has 1 aromatic carbocycles. The van der Waals surface area contributed by atoms with Crippen LogP contribution in [0.2, 0.25) is 0 Å². The van der Waals surface area contributed by atoms with E-state index < -0.39 is 0 Å². The lowest BCUT2D eigenvalue weighted by Gasteiger charge is -2.33. The zero-order chi connectivity index (χ0) is 21.2. The van der Waals surface area contributed by atoms with Crippen molar-refractivity contribution in [1.82, 2.24) is 20.4 Å². The highest BCUT2D eigenvalue weighted by atomic mass is 16.2. The van der Waals surface area contributed by atoms with E-state index in [1.165, 1.54) is 36.9 Å². The van der Waals surface area contributed by atoms with Gasteiger partial charge in [0.25, 0.3) is 0 Å². The number of carbonyl (C=O) groups excluding carboxylic acids is 1. The average molecular weight is 414 g/mol. The minimum absolute atomic E-state index is 0.300. The second-order valence-electron chi connectivity index (χ2n) is 8.59. The van der Waals surface area contributed by atoms with Crippen molar-refractivity contribution < 1.29 is 4.79 Å². The van der Waals surface area contributed by atoms with Crippen LogP contribution >= 0.6 is 0 Å². The Labute approximate surface area is 182 Å². The first kappa shape index (κ1) is 22.6. The van der Waals surface area contributed by atoms with Crippen LogP contribution in [0.1, 0.15) is 63.5 Å². The summed E-state index contributed by atoms with van der Waals surface area (Å²) in [7, 11) is 0. The van der Waals surface area contributed by atoms with E-state index >= 15 is 0 Å². The molecule has 0 aromatic heterocycles. The standard InChI is InChI=1S/C24H39N5O/c1-3-25-24(26-14-7-17-28-16-6-9-23(28)30)27-18-21-10-12-22(13-11-21)19-29-15-5-4-8-20(29)2/h10-13,20H,3-9,14-19H2,1-2H3,(H2,25,26,27). The highest BCUT2D eigenvalue weighted by Gasteiger charge is 2.19. The third-order valence-electron chi connectivity index (χ3n) is 6.18. The highest BCUT2D eigenvalue weighted by molar-refractivity contribution is 5.79. The van der Waals surface area contributed by atoms with E-state index in [0.717, 1.165) is 51.5 Å². The number of carbonyl (C=O) groups is 1. The van der Waals surface area contributed by atoms with Gasteiger partial charge in [-0.2, -0.15) is 0 Å². The molecule has 2 fully saturated rings. The van der Waals surface area contributed by atoms with Gasteiger partial charge in [0.1, 0.15) is 0 Å². The molecule has 6 nitrogen and oxygen atoms in total. The Morgan fingerprint density at radius 2 is 1.90 bits per heavy atom. The van der Waals surface area contributed by atoms with Gasteiger partial charge in [-0.25, -0.2) is 4.99 Å². The number of guanidine groups is 1. The van der Waals surface area contributed by atoms with Gasteiger partial charge in [-0.3, -0.25) is 9.69 Å². The van der Waals surface area contributed by atoms with E-state index in [4.69, 9.17) is 4.99 Å². The first-order chi connectivity index (χ1) is 14.7. The van der Waals surface area contributed by atoms with Crippen molar-refractivity contribution in [3.63, 3.8) is 0 Å². The number of nitrogens with one attached hydrogen (secondary N) is 2. The van der Waals surface area contributed by atoms with Gasteiger partial charge in [-0.15, -0.1) is 0 Å². The molecule has 2 heterocycles. The first-order valence-electron chi connectivity index (χ1n) is 11.8. The number of benzene rings is 1. The summed E-state index contributed by atoms with van der Waals surface area (Å²) in [5, 5.41) is 6.71. The van der Waals surface area contributed by atoms with E-state index in [2.05, 4.69) is 53.6 Å². The normalized spacial score (nSPS) is 20.6. The summed E-state index contributed by atoms with van der Waals surface area (Å²) in [4.78, 5) is 21.0. The zero-order valence-corrected chi connectivity index (χ0v) is 18.8. The van der Waals surface area contributed by atoms with E-state index in [1.807, 2.05) is 4.90 Å². The van der Waals surface area contributed by atoms with E-state index in [9.17, 15) is 4.79 Å². The molecule has 1 atom stereocenters. The van der Waals surface area contributed by atoms with Crippen molar-refractivity contribution >= 4 is 11.9 Å². The molecule has 166 valence electrons. The lowest BCUT2D eigenvalue weighted by molar-refractivity contribution is -0.127. The zero-order valence-electron chi connectivity index (χ0n) is 18.8. The van der Waals surface area contributed by atoms with E-state index in [-0.39, 0.29) is 0 Å². The van der Waals surface area contributed by atoms with Gasteiger partial charge in [-0.1, -0.05) is 30.7 Å². The van der Waals surface area contributed by atoms with Crippen molar-refractivity contribution in [2.45, 2.75) is 71.5 Å². The molecular formula is C24H39N5O. The van der Waals surface area contributed by atoms with Crippen molar-refractivity contribution in [1.29, 1.82) is 0 Å². The quantitative estimate of drug-likeness (QED) is 0.371. The van der Waals surface area contributed by atoms with Crippen LogP contribution in [0.3, 0.4) is 0 Å². The second-order valence-corrected chi connectivity index (χ2v) is 8.59. The van der Waals surface area contributed by atoms with Crippen LogP contribution in [0.5, 0.6) is 0 Å². The highest BCUT2D eigenvalue weighted by Crippen LogP contribution is 2.19. The maximum Gasteiger partial charge on any atom is 0.222 e. The Balaban J connectivity index is 1.43. The summed E-state index contributed by atoms with van der Waals surface area (Å²) in [6.07, 6.45) is 6.68. The fraction of sp³-hybridized carbons (Fsp3) is 0.667. The Morgan fingerprint density at radius 3 is 2.60 bits per heavy atom. The summed E-state index contributed by atoms with van der Waals surface area (Å²) in [5.41, 5.74) is 2.61. The molecule has 6 heteroatoms. The van der Waals surface area contributed by atoms with Gasteiger partial charge in [-0.05, 0) is 57.2 Å². The lowest BCUT2D eigenvalue weighted by atomic mass is 10.0. The Kier molecular flexibility index (Phi) is 9.00. The molecule has 3 rings (SSSR count). The summed E-state index contributed by atoms with van der Waals surface area (Å²) in [6, 6.07) is 9.60. The Hall–Kier alpha value is -2.08. The monoisotopic (exact) mass is 413 g/mol. The molecular weight excluding hydrogens is 374 g/mol. The van der Waals surface area contributed by atoms with Crippen molar-refractivity contribution in [2.75, 3.05) is 32.7 Å². The van der Waals surface area contributed by atoms with Crippen LogP contribution in [-0.4, -0.2) is 60.4 Å². The van der Waals surface area contributed by atoms with Gasteiger partial charge in [0.2, 0.25) is 5.91 Å². The average Bonchev–Trinajstić information content (AvgIpc) is 3.16. The van der Waals surface area contributed by atoms with Crippen LogP contribution < -0.4 is 10.6 Å². The molecule has 1 amide bonds. The molecule has 0 radical (unpaired) electrons. The number of hydrogen-bond donors (Lipinski definition) is 2. The fourth-order valence-electron chi connectivity index (χ4n) is 4.31. The maximum atomic E-state index is 11.7. The van der Waals surface area contributed by atoms with Crippen molar-refractivity contribution in [2.24, 2.45) is 4.99 Å². The van der Waals surface area contributed by atoms with Crippen LogP contribution in [-0.2, 0) is 17.9 Å². The number of aliphatic imine (C=N–C) groups is 1. The number of piperidine rings is 1. The van der Waals surface area contributed by atoms with Crippen molar-refractivity contribution in [3.05, 3.63) is 35.4 Å². The largest absolute Gasteiger partial charge is 0.357 e. The molecule has 1 aromatic rings. The van der Waals surface area contributed by atoms with Crippen LogP contribution in [0, 0.1) is 0 Å². The van der Waals surface area contributed by atoms with E-state index in [1.54, 1.807) is 0 Å². The number of nitrogens with zero attached hydrogens (tertiary/aromatic N) is 3. The Bertz CT molecular complexity index is 687. The SMILES string of the molecule is CCNC(=NCc1ccc(CN2CCCCC2C)cc1)NCCCN1CCCC1=O. The minimum atomic E-state index is 0.300. The molecule has 0 spiro atoms. The van der Waals surface area contributed by atoms with Gasteiger partial charge in [0.05, 0.1) is 6.54 Å². The van der Waals surface area contributed by atoms with Gasteiger partial charge in [0.15, 0.2) is 5.96 Å². The summed E-state index contributed by atoms with van der Waals surface area (Å²) in [5.74, 6) is 1.14. The Morgan fingerprint density at radius 1 is 1.10 bits per heavy atom. The van der Waals surface area contributed by atoms with Crippen LogP contribution in [0.15, 0.2) is 29.3 Å². The predicted octanol–water partition coefficient (Wildman–Crippen LogP) is 3.13. The molecule has 0 bridgehead atoms. The molecule has 2 saturated heterocycles. The lowest BCUT2D eigenvalue weighted by Crippen LogP contribution is -2.39. The molecule has 0 saturated carbocycles. The van der Waals surface area contributed by atoms with Crippen molar-refractivity contribution in [3.8, 4) is 0 Å². The topological polar surface area (TPSA) is 60.0 Å². The number of hydrogen-bond acceptors (Lipinski definition) is 3. The number of rotatable bonds is 9. The summed E-state index contributed by atoms with van der Waals surface area (Å²) in [6.45, 7) is 10.8. The molecule has 2 N–H and O–H groups in total. The molecule has 0 aliphatic carbocycles. The summed E-state index contributed by atoms with van der Waals surface area (Å²) >= 11 is 0. The predicted molar refractivity (Wildman–Crippen MR) is 123 cm³/mol. The smallest absolute Gasteiger partial charge is 0.222 e. The van der Waals surface area contributed by atoms with Gasteiger partial charge in [0, 0.05) is 45.2 Å². The number of likely N-dealkylation sites (tertiary alicyclic amines) is 2. The summed E-state index contributed by atoms with van der Waals surface area (Å²) < 4.78 is 0. The minimum Gasteiger partial charge on any atom is -0.357 e. The third kappa shape index (κ3) is 7.01. The number of amides is 1. The molecule has 30 heavy (non-hydrogen) atoms. The van der Waals surface area contributed by atoms with E-state index in [0.29, 0.717) is 24.9 Å². The van der Waals surface area contributed by atoms with Gasteiger partial charge >= 0.3 is 0 Å². The maximum absolute atomic E-state index is 11.7. The fourth-order valence-corrected chi connectivity index (χ4v) is 4.31. The molecule has 2 aliphatic heterocycles. The molecule has 2 aliphatic rings.